The second-order valence-corrected chi connectivity index (χ2v) is 7.28. The van der Waals surface area contributed by atoms with E-state index in [-0.39, 0.29) is 23.7 Å². The summed E-state index contributed by atoms with van der Waals surface area (Å²) < 4.78 is 5.64. The molecular formula is C18H31NO2. The molecule has 21 heavy (non-hydrogen) atoms. The smallest absolute Gasteiger partial charge is 0.119 e. The molecule has 120 valence electrons. The maximum atomic E-state index is 10.0. The van der Waals surface area contributed by atoms with Crippen LogP contribution in [0.3, 0.4) is 0 Å². The Morgan fingerprint density at radius 3 is 2.14 bits per heavy atom. The molecule has 0 fully saturated rings. The van der Waals surface area contributed by atoms with Crippen molar-refractivity contribution in [2.45, 2.75) is 66.2 Å². The highest BCUT2D eigenvalue weighted by Crippen LogP contribution is 2.21. The molecule has 1 rings (SSSR count). The van der Waals surface area contributed by atoms with Crippen molar-refractivity contribution in [2.24, 2.45) is 5.41 Å². The molecule has 0 bridgehead atoms. The Morgan fingerprint density at radius 1 is 1.10 bits per heavy atom. The molecule has 0 aliphatic rings. The average Bonchev–Trinajstić information content (AvgIpc) is 2.34. The van der Waals surface area contributed by atoms with Gasteiger partial charge in [-0.2, -0.15) is 0 Å². The topological polar surface area (TPSA) is 41.5 Å². The first-order valence-corrected chi connectivity index (χ1v) is 7.85. The maximum absolute atomic E-state index is 10.0. The second-order valence-electron chi connectivity index (χ2n) is 7.28. The molecule has 1 aromatic carbocycles. The summed E-state index contributed by atoms with van der Waals surface area (Å²) in [6, 6.07) is 8.36. The van der Waals surface area contributed by atoms with Crippen LogP contribution in [-0.2, 0) is 0 Å². The Hall–Kier alpha value is -1.06. The third-order valence-corrected chi connectivity index (χ3v) is 3.26. The highest BCUT2D eigenvalue weighted by Gasteiger charge is 2.17. The summed E-state index contributed by atoms with van der Waals surface area (Å²) >= 11 is 0. The van der Waals surface area contributed by atoms with Gasteiger partial charge in [-0.15, -0.1) is 0 Å². The standard InChI is InChI=1S/C18H31NO2/c1-13(2)21-17-9-7-15(8-10-17)14(3)19-12-16(20)11-18(4,5)6/h7-10,13-14,16,19-20H,11-12H2,1-6H3. The van der Waals surface area contributed by atoms with E-state index in [0.717, 1.165) is 12.2 Å². The van der Waals surface area contributed by atoms with Crippen molar-refractivity contribution in [3.8, 4) is 5.75 Å². The van der Waals surface area contributed by atoms with Crippen LogP contribution in [0.25, 0.3) is 0 Å². The first-order chi connectivity index (χ1) is 9.67. The van der Waals surface area contributed by atoms with Gasteiger partial charge in [-0.25, -0.2) is 0 Å². The molecule has 0 saturated carbocycles. The Bertz CT molecular complexity index is 406. The largest absolute Gasteiger partial charge is 0.491 e. The molecule has 0 aromatic heterocycles. The van der Waals surface area contributed by atoms with Crippen molar-refractivity contribution in [3.63, 3.8) is 0 Å². The Labute approximate surface area is 129 Å². The Morgan fingerprint density at radius 2 is 1.67 bits per heavy atom. The molecule has 2 atom stereocenters. The van der Waals surface area contributed by atoms with Gasteiger partial charge >= 0.3 is 0 Å². The molecule has 2 unspecified atom stereocenters. The molecule has 3 nitrogen and oxygen atoms in total. The summed E-state index contributed by atoms with van der Waals surface area (Å²) in [5.74, 6) is 0.897. The number of aliphatic hydroxyl groups excluding tert-OH is 1. The molecule has 3 heteroatoms. The molecule has 0 aliphatic heterocycles. The lowest BCUT2D eigenvalue weighted by molar-refractivity contribution is 0.117. The van der Waals surface area contributed by atoms with E-state index in [2.05, 4.69) is 45.1 Å². The van der Waals surface area contributed by atoms with E-state index in [9.17, 15) is 5.11 Å². The predicted molar refractivity (Wildman–Crippen MR) is 88.7 cm³/mol. The summed E-state index contributed by atoms with van der Waals surface area (Å²) in [6.07, 6.45) is 0.684. The van der Waals surface area contributed by atoms with Gasteiger partial charge < -0.3 is 15.2 Å². The van der Waals surface area contributed by atoms with E-state index in [4.69, 9.17) is 4.74 Å². The number of hydrogen-bond acceptors (Lipinski definition) is 3. The minimum Gasteiger partial charge on any atom is -0.491 e. The van der Waals surface area contributed by atoms with Crippen molar-refractivity contribution in [2.75, 3.05) is 6.54 Å². The predicted octanol–water partition coefficient (Wildman–Crippen LogP) is 3.92. The molecule has 0 amide bonds. The number of rotatable bonds is 7. The van der Waals surface area contributed by atoms with Gasteiger partial charge in [0.1, 0.15) is 5.75 Å². The zero-order chi connectivity index (χ0) is 16.0. The molecule has 0 aliphatic carbocycles. The van der Waals surface area contributed by atoms with Crippen LogP contribution in [0, 0.1) is 5.41 Å². The normalized spacial score (nSPS) is 15.0. The first kappa shape index (κ1) is 18.0. The monoisotopic (exact) mass is 293 g/mol. The SMILES string of the molecule is CC(C)Oc1ccc(C(C)NCC(O)CC(C)(C)C)cc1. The fraction of sp³-hybridized carbons (Fsp3) is 0.667. The van der Waals surface area contributed by atoms with Gasteiger partial charge in [0, 0.05) is 12.6 Å². The minimum atomic E-state index is -0.309. The highest BCUT2D eigenvalue weighted by molar-refractivity contribution is 5.29. The number of hydrogen-bond donors (Lipinski definition) is 2. The van der Waals surface area contributed by atoms with Gasteiger partial charge in [0.25, 0.3) is 0 Å². The van der Waals surface area contributed by atoms with Gasteiger partial charge in [-0.05, 0) is 50.3 Å². The number of nitrogens with one attached hydrogen (secondary N) is 1. The van der Waals surface area contributed by atoms with E-state index in [0.29, 0.717) is 6.54 Å². The van der Waals surface area contributed by atoms with Crippen LogP contribution in [0.5, 0.6) is 5.75 Å². The fourth-order valence-electron chi connectivity index (χ4n) is 2.32. The van der Waals surface area contributed by atoms with Crippen molar-refractivity contribution in [1.82, 2.24) is 5.32 Å². The quantitative estimate of drug-likeness (QED) is 0.800. The van der Waals surface area contributed by atoms with Crippen LogP contribution in [0.1, 0.15) is 59.6 Å². The van der Waals surface area contributed by atoms with E-state index in [1.807, 2.05) is 26.0 Å². The molecule has 1 aromatic rings. The van der Waals surface area contributed by atoms with Crippen LogP contribution in [0.15, 0.2) is 24.3 Å². The average molecular weight is 293 g/mol. The second kappa shape index (κ2) is 7.81. The van der Waals surface area contributed by atoms with Crippen LogP contribution < -0.4 is 10.1 Å². The van der Waals surface area contributed by atoms with Gasteiger partial charge in [-0.1, -0.05) is 32.9 Å². The molecule has 2 N–H and O–H groups in total. The maximum Gasteiger partial charge on any atom is 0.119 e. The zero-order valence-corrected chi connectivity index (χ0v) is 14.3. The first-order valence-electron chi connectivity index (χ1n) is 7.85. The van der Waals surface area contributed by atoms with E-state index in [1.165, 1.54) is 5.56 Å². The molecule has 0 saturated heterocycles. The highest BCUT2D eigenvalue weighted by atomic mass is 16.5. The van der Waals surface area contributed by atoms with Gasteiger partial charge in [0.05, 0.1) is 12.2 Å². The van der Waals surface area contributed by atoms with Crippen LogP contribution >= 0.6 is 0 Å². The molecule has 0 spiro atoms. The van der Waals surface area contributed by atoms with Crippen molar-refractivity contribution in [3.05, 3.63) is 29.8 Å². The Balaban J connectivity index is 2.46. The van der Waals surface area contributed by atoms with Crippen molar-refractivity contribution < 1.29 is 9.84 Å². The molecule has 0 radical (unpaired) electrons. The lowest BCUT2D eigenvalue weighted by Gasteiger charge is -2.24. The van der Waals surface area contributed by atoms with Crippen molar-refractivity contribution in [1.29, 1.82) is 0 Å². The third-order valence-electron chi connectivity index (χ3n) is 3.26. The lowest BCUT2D eigenvalue weighted by atomic mass is 9.89. The van der Waals surface area contributed by atoms with Crippen LogP contribution in [0.4, 0.5) is 0 Å². The summed E-state index contributed by atoms with van der Waals surface area (Å²) in [5, 5.41) is 13.4. The van der Waals surface area contributed by atoms with Crippen LogP contribution in [-0.4, -0.2) is 23.9 Å². The van der Waals surface area contributed by atoms with Gasteiger partial charge in [0.2, 0.25) is 0 Å². The molecule has 0 heterocycles. The summed E-state index contributed by atoms with van der Waals surface area (Å²) in [4.78, 5) is 0. The van der Waals surface area contributed by atoms with Gasteiger partial charge in [0.15, 0.2) is 0 Å². The number of benzene rings is 1. The van der Waals surface area contributed by atoms with Crippen molar-refractivity contribution >= 4 is 0 Å². The zero-order valence-electron chi connectivity index (χ0n) is 14.3. The van der Waals surface area contributed by atoms with E-state index >= 15 is 0 Å². The lowest BCUT2D eigenvalue weighted by Crippen LogP contribution is -2.31. The Kier molecular flexibility index (Phi) is 6.69. The minimum absolute atomic E-state index is 0.153. The van der Waals surface area contributed by atoms with E-state index < -0.39 is 0 Å². The fourth-order valence-corrected chi connectivity index (χ4v) is 2.32. The van der Waals surface area contributed by atoms with Gasteiger partial charge in [-0.3, -0.25) is 0 Å². The van der Waals surface area contributed by atoms with Crippen LogP contribution in [0.2, 0.25) is 0 Å². The number of ether oxygens (including phenoxy) is 1. The number of aliphatic hydroxyl groups is 1. The third kappa shape index (κ3) is 7.49. The summed E-state index contributed by atoms with van der Waals surface area (Å²) in [6.45, 7) is 13.2. The van der Waals surface area contributed by atoms with E-state index in [1.54, 1.807) is 0 Å². The summed E-state index contributed by atoms with van der Waals surface area (Å²) in [7, 11) is 0. The molecular weight excluding hydrogens is 262 g/mol. The summed E-state index contributed by atoms with van der Waals surface area (Å²) in [5.41, 5.74) is 1.36.